The number of likely N-dealkylation sites (tertiary alicyclic amines) is 1. The van der Waals surface area contributed by atoms with Crippen LogP contribution in [0, 0.1) is 0 Å². The molecule has 1 fully saturated rings. The molecule has 1 aliphatic heterocycles. The van der Waals surface area contributed by atoms with Gasteiger partial charge in [0.05, 0.1) is 0 Å². The van der Waals surface area contributed by atoms with Gasteiger partial charge in [-0.05, 0) is 24.1 Å². The fourth-order valence-electron chi connectivity index (χ4n) is 2.80. The van der Waals surface area contributed by atoms with Gasteiger partial charge in [-0.2, -0.15) is 0 Å². The summed E-state index contributed by atoms with van der Waals surface area (Å²) in [4.78, 5) is 18.5. The maximum Gasteiger partial charge on any atom is 0.251 e. The number of carbonyl (C=O) groups excluding carboxylic acids is 1. The third-order valence-corrected chi connectivity index (χ3v) is 4.27. The molecule has 1 N–H and O–H groups in total. The van der Waals surface area contributed by atoms with E-state index in [2.05, 4.69) is 27.3 Å². The van der Waals surface area contributed by atoms with Crippen molar-refractivity contribution >= 4 is 29.1 Å². The minimum Gasteiger partial charge on any atom is -0.348 e. The second-order valence-electron chi connectivity index (χ2n) is 5.68. The molecule has 6 heteroatoms. The molecule has 0 saturated carbocycles. The van der Waals surface area contributed by atoms with Gasteiger partial charge in [0.1, 0.15) is 10.3 Å². The Balaban J connectivity index is 1.56. The zero-order valence-electron chi connectivity index (χ0n) is 12.5. The molecule has 0 unspecified atom stereocenters. The highest BCUT2D eigenvalue weighted by molar-refractivity contribution is 6.33. The van der Waals surface area contributed by atoms with Crippen molar-refractivity contribution in [3.05, 3.63) is 63.9 Å². The average molecular weight is 350 g/mol. The normalized spacial score (nSPS) is 18.1. The minimum absolute atomic E-state index is 0.136. The van der Waals surface area contributed by atoms with Crippen molar-refractivity contribution in [2.24, 2.45) is 0 Å². The molecule has 1 aromatic carbocycles. The summed E-state index contributed by atoms with van der Waals surface area (Å²) in [7, 11) is 0. The smallest absolute Gasteiger partial charge is 0.251 e. The molecule has 23 heavy (non-hydrogen) atoms. The van der Waals surface area contributed by atoms with Gasteiger partial charge in [-0.1, -0.05) is 53.5 Å². The second-order valence-corrected chi connectivity index (χ2v) is 6.46. The van der Waals surface area contributed by atoms with Crippen LogP contribution in [0.1, 0.15) is 22.3 Å². The topological polar surface area (TPSA) is 45.2 Å². The molecule has 3 rings (SSSR count). The number of hydrogen-bond donors (Lipinski definition) is 1. The van der Waals surface area contributed by atoms with Crippen molar-refractivity contribution in [1.29, 1.82) is 0 Å². The van der Waals surface area contributed by atoms with E-state index in [0.717, 1.165) is 26.1 Å². The highest BCUT2D eigenvalue weighted by atomic mass is 35.5. The van der Waals surface area contributed by atoms with E-state index in [1.54, 1.807) is 0 Å². The van der Waals surface area contributed by atoms with E-state index >= 15 is 0 Å². The molecule has 0 bridgehead atoms. The Morgan fingerprint density at radius 3 is 2.61 bits per heavy atom. The Hall–Kier alpha value is -1.62. The first kappa shape index (κ1) is 16.2. The zero-order valence-corrected chi connectivity index (χ0v) is 14.0. The van der Waals surface area contributed by atoms with Crippen LogP contribution in [0.3, 0.4) is 0 Å². The molecule has 4 nitrogen and oxygen atoms in total. The lowest BCUT2D eigenvalue weighted by molar-refractivity contribution is 0.0937. The van der Waals surface area contributed by atoms with Crippen molar-refractivity contribution in [1.82, 2.24) is 15.2 Å². The van der Waals surface area contributed by atoms with Crippen LogP contribution in [0.15, 0.2) is 42.5 Å². The number of halogens is 2. The molecule has 2 aromatic rings. The quantitative estimate of drug-likeness (QED) is 0.860. The Morgan fingerprint density at radius 1 is 1.22 bits per heavy atom. The van der Waals surface area contributed by atoms with E-state index in [9.17, 15) is 4.79 Å². The van der Waals surface area contributed by atoms with Crippen LogP contribution in [-0.4, -0.2) is 34.9 Å². The van der Waals surface area contributed by atoms with Gasteiger partial charge in [0.25, 0.3) is 5.91 Å². The predicted molar refractivity (Wildman–Crippen MR) is 91.8 cm³/mol. The molecule has 0 aliphatic carbocycles. The summed E-state index contributed by atoms with van der Waals surface area (Å²) in [5, 5.41) is 3.48. The van der Waals surface area contributed by atoms with Crippen LogP contribution in [0.2, 0.25) is 10.3 Å². The SMILES string of the molecule is O=C(N[C@H]1CCN(Cc2ccccc2)C1)c1cc(Cl)nc(Cl)c1. The number of nitrogens with one attached hydrogen (secondary N) is 1. The Kier molecular flexibility index (Phi) is 5.16. The lowest BCUT2D eigenvalue weighted by Gasteiger charge is -2.17. The molecule has 1 saturated heterocycles. The molecule has 2 heterocycles. The van der Waals surface area contributed by atoms with E-state index in [0.29, 0.717) is 5.56 Å². The van der Waals surface area contributed by atoms with Gasteiger partial charge in [0, 0.05) is 31.2 Å². The van der Waals surface area contributed by atoms with Gasteiger partial charge in [0.15, 0.2) is 0 Å². The van der Waals surface area contributed by atoms with Gasteiger partial charge in [-0.25, -0.2) is 4.98 Å². The number of benzene rings is 1. The van der Waals surface area contributed by atoms with E-state index in [4.69, 9.17) is 23.2 Å². The fraction of sp³-hybridized carbons (Fsp3) is 0.294. The number of pyridine rings is 1. The van der Waals surface area contributed by atoms with Gasteiger partial charge in [-0.3, -0.25) is 9.69 Å². The highest BCUT2D eigenvalue weighted by Gasteiger charge is 2.24. The minimum atomic E-state index is -0.164. The number of amides is 1. The number of carbonyl (C=O) groups is 1. The summed E-state index contributed by atoms with van der Waals surface area (Å²) >= 11 is 11.7. The fourth-order valence-corrected chi connectivity index (χ4v) is 3.26. The van der Waals surface area contributed by atoms with Crippen LogP contribution in [0.25, 0.3) is 0 Å². The van der Waals surface area contributed by atoms with E-state index < -0.39 is 0 Å². The zero-order chi connectivity index (χ0) is 16.2. The predicted octanol–water partition coefficient (Wildman–Crippen LogP) is 3.39. The van der Waals surface area contributed by atoms with Gasteiger partial charge < -0.3 is 5.32 Å². The van der Waals surface area contributed by atoms with Crippen LogP contribution in [0.4, 0.5) is 0 Å². The van der Waals surface area contributed by atoms with Crippen molar-refractivity contribution in [3.63, 3.8) is 0 Å². The van der Waals surface area contributed by atoms with Crippen LogP contribution >= 0.6 is 23.2 Å². The van der Waals surface area contributed by atoms with Gasteiger partial charge in [-0.15, -0.1) is 0 Å². The van der Waals surface area contributed by atoms with Crippen LogP contribution < -0.4 is 5.32 Å². The molecular weight excluding hydrogens is 333 g/mol. The third kappa shape index (κ3) is 4.44. The highest BCUT2D eigenvalue weighted by Crippen LogP contribution is 2.17. The number of hydrogen-bond acceptors (Lipinski definition) is 3. The number of rotatable bonds is 4. The first-order chi connectivity index (χ1) is 11.1. The summed E-state index contributed by atoms with van der Waals surface area (Å²) < 4.78 is 0. The molecule has 120 valence electrons. The van der Waals surface area contributed by atoms with Crippen LogP contribution in [-0.2, 0) is 6.54 Å². The van der Waals surface area contributed by atoms with E-state index in [1.165, 1.54) is 17.7 Å². The number of nitrogens with zero attached hydrogens (tertiary/aromatic N) is 2. The first-order valence-electron chi connectivity index (χ1n) is 7.50. The summed E-state index contributed by atoms with van der Waals surface area (Å²) in [5.74, 6) is -0.164. The largest absolute Gasteiger partial charge is 0.348 e. The molecule has 1 amide bonds. The molecule has 0 spiro atoms. The summed E-state index contributed by atoms with van der Waals surface area (Å²) in [5.41, 5.74) is 1.73. The number of aromatic nitrogens is 1. The second kappa shape index (κ2) is 7.30. The van der Waals surface area contributed by atoms with E-state index in [1.807, 2.05) is 18.2 Å². The molecule has 1 atom stereocenters. The Labute approximate surface area is 145 Å². The summed E-state index contributed by atoms with van der Waals surface area (Å²) in [6, 6.07) is 13.5. The Bertz CT molecular complexity index is 673. The average Bonchev–Trinajstić information content (AvgIpc) is 2.94. The standard InChI is InChI=1S/C17H17Cl2N3O/c18-15-8-13(9-16(19)21-15)17(23)20-14-6-7-22(11-14)10-12-4-2-1-3-5-12/h1-5,8-9,14H,6-7,10-11H2,(H,20,23)/t14-/m0/s1. The van der Waals surface area contributed by atoms with Crippen LogP contribution in [0.5, 0.6) is 0 Å². The van der Waals surface area contributed by atoms with Crippen molar-refractivity contribution < 1.29 is 4.79 Å². The maximum atomic E-state index is 12.3. The Morgan fingerprint density at radius 2 is 1.91 bits per heavy atom. The molecule has 0 radical (unpaired) electrons. The summed E-state index contributed by atoms with van der Waals surface area (Å²) in [6.45, 7) is 2.71. The van der Waals surface area contributed by atoms with Crippen molar-refractivity contribution in [2.75, 3.05) is 13.1 Å². The van der Waals surface area contributed by atoms with Crippen molar-refractivity contribution in [3.8, 4) is 0 Å². The lowest BCUT2D eigenvalue weighted by atomic mass is 10.2. The van der Waals surface area contributed by atoms with Gasteiger partial charge in [0.2, 0.25) is 0 Å². The third-order valence-electron chi connectivity index (χ3n) is 3.88. The van der Waals surface area contributed by atoms with Crippen molar-refractivity contribution in [2.45, 2.75) is 19.0 Å². The van der Waals surface area contributed by atoms with Gasteiger partial charge >= 0.3 is 0 Å². The first-order valence-corrected chi connectivity index (χ1v) is 8.26. The maximum absolute atomic E-state index is 12.3. The monoisotopic (exact) mass is 349 g/mol. The molecule has 1 aliphatic rings. The van der Waals surface area contributed by atoms with E-state index in [-0.39, 0.29) is 22.3 Å². The molecule has 1 aromatic heterocycles. The molecular formula is C17H17Cl2N3O. The summed E-state index contributed by atoms with van der Waals surface area (Å²) in [6.07, 6.45) is 0.936. The lowest BCUT2D eigenvalue weighted by Crippen LogP contribution is -2.37.